The van der Waals surface area contributed by atoms with Gasteiger partial charge in [-0.15, -0.1) is 0 Å². The van der Waals surface area contributed by atoms with Crippen molar-refractivity contribution in [2.45, 2.75) is 13.5 Å². The summed E-state index contributed by atoms with van der Waals surface area (Å²) >= 11 is 2.96. The maximum absolute atomic E-state index is 13.7. The molecule has 0 spiro atoms. The zero-order chi connectivity index (χ0) is 13.3. The van der Waals surface area contributed by atoms with Crippen LogP contribution in [0.15, 0.2) is 28.9 Å². The van der Waals surface area contributed by atoms with Crippen molar-refractivity contribution in [1.82, 2.24) is 9.78 Å². The van der Waals surface area contributed by atoms with E-state index in [-0.39, 0.29) is 10.2 Å². The van der Waals surface area contributed by atoms with Gasteiger partial charge in [-0.25, -0.2) is 8.78 Å². The topological polar surface area (TPSA) is 34.9 Å². The summed E-state index contributed by atoms with van der Waals surface area (Å²) in [6, 6.07) is 3.55. The molecule has 0 N–H and O–H groups in total. The van der Waals surface area contributed by atoms with Gasteiger partial charge in [0.05, 0.1) is 5.56 Å². The van der Waals surface area contributed by atoms with Gasteiger partial charge in [0, 0.05) is 17.2 Å². The van der Waals surface area contributed by atoms with Crippen molar-refractivity contribution >= 4 is 21.7 Å². The number of hydrogen-bond donors (Lipinski definition) is 0. The van der Waals surface area contributed by atoms with Gasteiger partial charge >= 0.3 is 0 Å². The van der Waals surface area contributed by atoms with Crippen molar-refractivity contribution in [2.24, 2.45) is 0 Å². The predicted octanol–water partition coefficient (Wildman–Crippen LogP) is 3.17. The lowest BCUT2D eigenvalue weighted by Gasteiger charge is -2.06. The number of halogens is 3. The molecule has 6 heteroatoms. The number of ketones is 1. The summed E-state index contributed by atoms with van der Waals surface area (Å²) in [5, 5.41) is 3.90. The highest BCUT2D eigenvalue weighted by Crippen LogP contribution is 2.22. The van der Waals surface area contributed by atoms with Crippen LogP contribution in [0.25, 0.3) is 0 Å². The third-order valence-corrected chi connectivity index (χ3v) is 2.94. The number of aromatic nitrogens is 2. The van der Waals surface area contributed by atoms with Crippen molar-refractivity contribution in [2.75, 3.05) is 0 Å². The van der Waals surface area contributed by atoms with Crippen LogP contribution in [0.2, 0.25) is 0 Å². The van der Waals surface area contributed by atoms with E-state index < -0.39 is 23.0 Å². The van der Waals surface area contributed by atoms with Crippen LogP contribution in [0.5, 0.6) is 0 Å². The lowest BCUT2D eigenvalue weighted by Crippen LogP contribution is -2.13. The Morgan fingerprint density at radius 1 is 1.39 bits per heavy atom. The van der Waals surface area contributed by atoms with Crippen molar-refractivity contribution in [1.29, 1.82) is 0 Å². The Kier molecular flexibility index (Phi) is 3.56. The average molecular weight is 315 g/mol. The molecule has 0 fully saturated rings. The number of benzene rings is 1. The van der Waals surface area contributed by atoms with Crippen LogP contribution < -0.4 is 0 Å². The first-order chi connectivity index (χ1) is 8.54. The molecule has 1 heterocycles. The molecule has 0 unspecified atom stereocenters. The van der Waals surface area contributed by atoms with E-state index in [2.05, 4.69) is 21.0 Å². The number of carbonyl (C=O) groups is 1. The van der Waals surface area contributed by atoms with Crippen LogP contribution in [-0.2, 0) is 6.54 Å². The fourth-order valence-electron chi connectivity index (χ4n) is 1.66. The summed E-state index contributed by atoms with van der Waals surface area (Å²) in [4.78, 5) is 12.1. The molecule has 0 radical (unpaired) electrons. The summed E-state index contributed by atoms with van der Waals surface area (Å²) in [7, 11) is 0. The van der Waals surface area contributed by atoms with Gasteiger partial charge in [0.15, 0.2) is 0 Å². The molecule has 2 rings (SSSR count). The van der Waals surface area contributed by atoms with E-state index in [4.69, 9.17) is 0 Å². The molecule has 94 valence electrons. The molecular formula is C12H9BrF2N2O. The van der Waals surface area contributed by atoms with Gasteiger partial charge in [0.2, 0.25) is 5.78 Å². The van der Waals surface area contributed by atoms with Crippen LogP contribution in [0, 0.1) is 11.6 Å². The normalized spacial score (nSPS) is 10.7. The smallest absolute Gasteiger partial charge is 0.216 e. The summed E-state index contributed by atoms with van der Waals surface area (Å²) in [5.41, 5.74) is -0.397. The van der Waals surface area contributed by atoms with E-state index in [1.807, 2.05) is 0 Å². The summed E-state index contributed by atoms with van der Waals surface area (Å²) in [6.07, 6.45) is 1.42. The molecule has 0 saturated heterocycles. The molecule has 0 aliphatic heterocycles. The quantitative estimate of drug-likeness (QED) is 0.816. The van der Waals surface area contributed by atoms with Gasteiger partial charge in [-0.1, -0.05) is 15.9 Å². The van der Waals surface area contributed by atoms with Crippen molar-refractivity contribution in [3.05, 3.63) is 51.8 Å². The minimum atomic E-state index is -0.893. The second-order valence-corrected chi connectivity index (χ2v) is 4.52. The molecule has 0 aliphatic rings. The third-order valence-electron chi connectivity index (χ3n) is 2.48. The van der Waals surface area contributed by atoms with Crippen LogP contribution in [0.3, 0.4) is 0 Å². The maximum Gasteiger partial charge on any atom is 0.216 e. The Bertz CT molecular complexity index is 587. The number of hydrogen-bond acceptors (Lipinski definition) is 2. The molecule has 0 atom stereocenters. The predicted molar refractivity (Wildman–Crippen MR) is 65.4 cm³/mol. The molecule has 2 aromatic rings. The van der Waals surface area contributed by atoms with Gasteiger partial charge in [-0.2, -0.15) is 5.10 Å². The van der Waals surface area contributed by atoms with E-state index in [0.717, 1.165) is 12.1 Å². The standard InChI is InChI=1S/C12H9BrF2N2O/c1-2-17-10(3-4-16-17)12(18)11-8(14)5-7(13)6-9(11)15/h3-6H,2H2,1H3. The largest absolute Gasteiger partial charge is 0.287 e. The Balaban J connectivity index is 2.53. The minimum Gasteiger partial charge on any atom is -0.287 e. The Labute approximate surface area is 111 Å². The van der Waals surface area contributed by atoms with Crippen molar-refractivity contribution in [3.8, 4) is 0 Å². The third kappa shape index (κ3) is 2.20. The highest BCUT2D eigenvalue weighted by Gasteiger charge is 2.22. The molecule has 1 aromatic heterocycles. The van der Waals surface area contributed by atoms with E-state index in [0.29, 0.717) is 6.54 Å². The molecular weight excluding hydrogens is 306 g/mol. The summed E-state index contributed by atoms with van der Waals surface area (Å²) in [5.74, 6) is -2.50. The second kappa shape index (κ2) is 4.97. The van der Waals surface area contributed by atoms with E-state index in [1.165, 1.54) is 16.9 Å². The van der Waals surface area contributed by atoms with Crippen molar-refractivity contribution < 1.29 is 13.6 Å². The van der Waals surface area contributed by atoms with Gasteiger partial charge in [0.1, 0.15) is 17.3 Å². The molecule has 3 nitrogen and oxygen atoms in total. The number of rotatable bonds is 3. The maximum atomic E-state index is 13.7. The van der Waals surface area contributed by atoms with Crippen LogP contribution in [0.4, 0.5) is 8.78 Å². The van der Waals surface area contributed by atoms with E-state index in [1.54, 1.807) is 6.92 Å². The van der Waals surface area contributed by atoms with Gasteiger partial charge in [-0.3, -0.25) is 9.48 Å². The Morgan fingerprint density at radius 3 is 2.56 bits per heavy atom. The van der Waals surface area contributed by atoms with E-state index >= 15 is 0 Å². The monoisotopic (exact) mass is 314 g/mol. The highest BCUT2D eigenvalue weighted by molar-refractivity contribution is 9.10. The van der Waals surface area contributed by atoms with Gasteiger partial charge < -0.3 is 0 Å². The Hall–Kier alpha value is -1.56. The molecule has 0 saturated carbocycles. The molecule has 0 amide bonds. The Morgan fingerprint density at radius 2 is 2.00 bits per heavy atom. The van der Waals surface area contributed by atoms with Crippen LogP contribution in [-0.4, -0.2) is 15.6 Å². The molecule has 0 aliphatic carbocycles. The molecule has 0 bridgehead atoms. The van der Waals surface area contributed by atoms with E-state index in [9.17, 15) is 13.6 Å². The van der Waals surface area contributed by atoms with Gasteiger partial charge in [-0.05, 0) is 25.1 Å². The zero-order valence-corrected chi connectivity index (χ0v) is 11.0. The first-order valence-corrected chi connectivity index (χ1v) is 6.05. The number of aryl methyl sites for hydroxylation is 1. The van der Waals surface area contributed by atoms with Crippen LogP contribution in [0.1, 0.15) is 23.0 Å². The average Bonchev–Trinajstić information content (AvgIpc) is 2.75. The first kappa shape index (κ1) is 12.9. The highest BCUT2D eigenvalue weighted by atomic mass is 79.9. The fourth-order valence-corrected chi connectivity index (χ4v) is 2.07. The molecule has 1 aromatic carbocycles. The fraction of sp³-hybridized carbons (Fsp3) is 0.167. The van der Waals surface area contributed by atoms with Crippen molar-refractivity contribution in [3.63, 3.8) is 0 Å². The first-order valence-electron chi connectivity index (χ1n) is 5.25. The van der Waals surface area contributed by atoms with Gasteiger partial charge in [0.25, 0.3) is 0 Å². The molecule has 18 heavy (non-hydrogen) atoms. The zero-order valence-electron chi connectivity index (χ0n) is 9.45. The summed E-state index contributed by atoms with van der Waals surface area (Å²) < 4.78 is 29.0. The summed E-state index contributed by atoms with van der Waals surface area (Å²) in [6.45, 7) is 2.24. The SMILES string of the molecule is CCn1nccc1C(=O)c1c(F)cc(Br)cc1F. The minimum absolute atomic E-state index is 0.164. The number of nitrogens with zero attached hydrogens (tertiary/aromatic N) is 2. The second-order valence-electron chi connectivity index (χ2n) is 3.61. The number of carbonyl (C=O) groups excluding carboxylic acids is 1. The van der Waals surface area contributed by atoms with Crippen LogP contribution >= 0.6 is 15.9 Å². The lowest BCUT2D eigenvalue weighted by atomic mass is 10.1. The lowest BCUT2D eigenvalue weighted by molar-refractivity contribution is 0.102.